The topological polar surface area (TPSA) is 39.3 Å². The summed E-state index contributed by atoms with van der Waals surface area (Å²) in [7, 11) is 1.38. The molecule has 0 aromatic carbocycles. The Morgan fingerprint density at radius 2 is 1.31 bits per heavy atom. The maximum Gasteiger partial charge on any atom is 0.368 e. The average molecular weight is 263 g/mol. The highest BCUT2D eigenvalue weighted by molar-refractivity contribution is 6.78. The monoisotopic (exact) mass is 262 g/mol. The molecule has 0 amide bonds. The van der Waals surface area contributed by atoms with Gasteiger partial charge in [-0.25, -0.2) is 0 Å². The van der Waals surface area contributed by atoms with E-state index in [1.165, 1.54) is 0 Å². The highest BCUT2D eigenvalue weighted by Gasteiger charge is 2.37. The lowest BCUT2D eigenvalue weighted by molar-refractivity contribution is 0.532. The van der Waals surface area contributed by atoms with E-state index >= 15 is 0 Å². The molecule has 0 atom stereocenters. The molecule has 4 nitrogen and oxygen atoms in total. The van der Waals surface area contributed by atoms with E-state index in [1.807, 2.05) is 0 Å². The summed E-state index contributed by atoms with van der Waals surface area (Å²) in [6.07, 6.45) is 1.15. The van der Waals surface area contributed by atoms with Crippen LogP contribution >= 0.6 is 0 Å². The van der Waals surface area contributed by atoms with Crippen LogP contribution in [0.4, 0.5) is 0 Å². The van der Waals surface area contributed by atoms with Crippen LogP contribution < -0.4 is 14.9 Å². The Morgan fingerprint density at radius 3 is 1.56 bits per heavy atom. The number of nitrogens with zero attached hydrogens (tertiary/aromatic N) is 1. The Morgan fingerprint density at radius 1 is 0.875 bits per heavy atom. The smallest absolute Gasteiger partial charge is 0.303 e. The van der Waals surface area contributed by atoms with Gasteiger partial charge < -0.3 is 14.9 Å². The molecule has 0 aromatic heterocycles. The molecule has 0 spiro atoms. The Bertz CT molecular complexity index is 186. The molecule has 0 bridgehead atoms. The lowest BCUT2D eigenvalue weighted by Crippen LogP contribution is -2.81. The van der Waals surface area contributed by atoms with Crippen molar-refractivity contribution >= 4 is 16.8 Å². The van der Waals surface area contributed by atoms with Crippen molar-refractivity contribution in [2.24, 2.45) is 0 Å². The lowest BCUT2D eigenvalue weighted by Gasteiger charge is -2.39. The van der Waals surface area contributed by atoms with Crippen LogP contribution in [0.3, 0.4) is 0 Å². The van der Waals surface area contributed by atoms with Gasteiger partial charge in [-0.3, -0.25) is 4.57 Å². The van der Waals surface area contributed by atoms with E-state index in [0.717, 1.165) is 19.3 Å². The van der Waals surface area contributed by atoms with Crippen LogP contribution in [0.1, 0.15) is 13.8 Å². The van der Waals surface area contributed by atoms with Crippen molar-refractivity contribution in [1.29, 1.82) is 0 Å². The predicted octanol–water partition coefficient (Wildman–Crippen LogP) is 0.670. The summed E-state index contributed by atoms with van der Waals surface area (Å²) in [6.45, 7) is 13.5. The normalized spacial score (nSPS) is 13.5. The molecule has 0 fully saturated rings. The van der Waals surface area contributed by atoms with Crippen molar-refractivity contribution in [3.63, 3.8) is 0 Å². The maximum absolute atomic E-state index is 3.78. The molecule has 0 aliphatic heterocycles. The van der Waals surface area contributed by atoms with Gasteiger partial charge in [-0.2, -0.15) is 0 Å². The first kappa shape index (κ1) is 16.3. The summed E-state index contributed by atoms with van der Waals surface area (Å²) in [5, 5.41) is 0. The molecular weight excluding hydrogens is 232 g/mol. The van der Waals surface area contributed by atoms with Gasteiger partial charge in [-0.15, -0.1) is 0 Å². The second kappa shape index (κ2) is 6.88. The second-order valence-electron chi connectivity index (χ2n) is 5.58. The minimum absolute atomic E-state index is 0.996. The molecule has 0 unspecified atom stereocenters. The van der Waals surface area contributed by atoms with Crippen molar-refractivity contribution in [2.75, 3.05) is 33.4 Å². The molecule has 0 rings (SSSR count). The van der Waals surface area contributed by atoms with E-state index in [4.69, 9.17) is 0 Å². The Hall–Kier alpha value is 0.274. The summed E-state index contributed by atoms with van der Waals surface area (Å²) in [4.78, 5) is 11.0. The fourth-order valence-electron chi connectivity index (χ4n) is 1.57. The van der Waals surface area contributed by atoms with E-state index in [-0.39, 0.29) is 0 Å². The first-order chi connectivity index (χ1) is 7.27. The third kappa shape index (κ3) is 5.56. The van der Waals surface area contributed by atoms with Gasteiger partial charge in [0.25, 0.3) is 0 Å². The van der Waals surface area contributed by atoms with Crippen molar-refractivity contribution in [3.05, 3.63) is 0 Å². The Labute approximate surface area is 104 Å². The number of nitrogens with one attached hydrogen (secondary N) is 3. The van der Waals surface area contributed by atoms with Gasteiger partial charge >= 0.3 is 8.72 Å². The zero-order valence-corrected chi connectivity index (χ0v) is 14.1. The van der Waals surface area contributed by atoms with Gasteiger partial charge in [0.2, 0.25) is 0 Å². The molecule has 3 N–H and O–H groups in total. The standard InChI is InChI=1S/C10H30N4Si2/c1-8-11-16(12-9-2,14(3)4)13-10-15(5,6)7/h11-13H,8-10H2,1-7H3. The number of hydrogen-bond donors (Lipinski definition) is 3. The SMILES string of the molecule is CCN[Si](NCC)(NC[Si](C)(C)C)N(C)C. The first-order valence-electron chi connectivity index (χ1n) is 6.20. The number of hydrogen-bond acceptors (Lipinski definition) is 4. The van der Waals surface area contributed by atoms with E-state index < -0.39 is 16.8 Å². The Balaban J connectivity index is 4.61. The van der Waals surface area contributed by atoms with Gasteiger partial charge in [0.15, 0.2) is 0 Å². The van der Waals surface area contributed by atoms with Crippen LogP contribution in [-0.2, 0) is 0 Å². The van der Waals surface area contributed by atoms with E-state index in [0.29, 0.717) is 0 Å². The minimum atomic E-state index is -1.86. The molecule has 0 saturated heterocycles. The van der Waals surface area contributed by atoms with Gasteiger partial charge in [0.1, 0.15) is 0 Å². The van der Waals surface area contributed by atoms with Gasteiger partial charge in [0.05, 0.1) is 8.07 Å². The average Bonchev–Trinajstić information content (AvgIpc) is 2.13. The van der Waals surface area contributed by atoms with Crippen LogP contribution in [0, 0.1) is 0 Å². The van der Waals surface area contributed by atoms with Crippen molar-refractivity contribution in [2.45, 2.75) is 33.5 Å². The van der Waals surface area contributed by atoms with Crippen LogP contribution in [-0.4, -0.2) is 54.7 Å². The lowest BCUT2D eigenvalue weighted by atomic mass is 10.8. The Kier molecular flexibility index (Phi) is 6.99. The molecular formula is C10H30N4Si2. The minimum Gasteiger partial charge on any atom is -0.303 e. The fourth-order valence-corrected chi connectivity index (χ4v) is 7.06. The van der Waals surface area contributed by atoms with Crippen LogP contribution in [0.2, 0.25) is 19.6 Å². The zero-order chi connectivity index (χ0) is 12.8. The van der Waals surface area contributed by atoms with Crippen molar-refractivity contribution in [3.8, 4) is 0 Å². The summed E-state index contributed by atoms with van der Waals surface area (Å²) < 4.78 is 2.31. The second-order valence-corrected chi connectivity index (χ2v) is 14.4. The van der Waals surface area contributed by atoms with Gasteiger partial charge in [-0.1, -0.05) is 33.5 Å². The largest absolute Gasteiger partial charge is 0.368 e. The van der Waals surface area contributed by atoms with E-state index in [2.05, 4.69) is 67.1 Å². The summed E-state index contributed by atoms with van der Waals surface area (Å²) in [5.41, 5.74) is 0. The third-order valence-electron chi connectivity index (χ3n) is 2.41. The van der Waals surface area contributed by atoms with Gasteiger partial charge in [-0.05, 0) is 33.4 Å². The van der Waals surface area contributed by atoms with Crippen molar-refractivity contribution in [1.82, 2.24) is 19.5 Å². The van der Waals surface area contributed by atoms with Crippen LogP contribution in [0.15, 0.2) is 0 Å². The molecule has 6 heteroatoms. The molecule has 98 valence electrons. The highest BCUT2D eigenvalue weighted by atomic mass is 28.4. The zero-order valence-electron chi connectivity index (χ0n) is 12.1. The molecule has 16 heavy (non-hydrogen) atoms. The molecule has 0 aliphatic rings. The molecule has 0 aromatic rings. The molecule has 0 saturated carbocycles. The molecule has 0 heterocycles. The summed E-state index contributed by atoms with van der Waals surface area (Å²) >= 11 is 0. The summed E-state index contributed by atoms with van der Waals surface area (Å²) in [5.74, 6) is 0. The van der Waals surface area contributed by atoms with Crippen LogP contribution in [0.25, 0.3) is 0 Å². The van der Waals surface area contributed by atoms with Gasteiger partial charge in [0, 0.05) is 0 Å². The van der Waals surface area contributed by atoms with E-state index in [9.17, 15) is 0 Å². The third-order valence-corrected chi connectivity index (χ3v) is 7.76. The fraction of sp³-hybridized carbons (Fsp3) is 1.00. The molecule has 0 radical (unpaired) electrons. The highest BCUT2D eigenvalue weighted by Crippen LogP contribution is 2.01. The molecule has 0 aliphatic carbocycles. The quantitative estimate of drug-likeness (QED) is 0.562. The predicted molar refractivity (Wildman–Crippen MR) is 78.1 cm³/mol. The number of rotatable bonds is 8. The van der Waals surface area contributed by atoms with Crippen LogP contribution in [0.5, 0.6) is 0 Å². The van der Waals surface area contributed by atoms with Crippen molar-refractivity contribution < 1.29 is 0 Å². The maximum atomic E-state index is 3.78. The summed E-state index contributed by atoms with van der Waals surface area (Å²) in [6, 6.07) is 0. The first-order valence-corrected chi connectivity index (χ1v) is 11.9. The van der Waals surface area contributed by atoms with E-state index in [1.54, 1.807) is 0 Å².